The van der Waals surface area contributed by atoms with Gasteiger partial charge in [0.1, 0.15) is 11.8 Å². The number of rotatable bonds is 0. The number of aryl methyl sites for hydroxylation is 2. The Morgan fingerprint density at radius 1 is 1.08 bits per heavy atom. The van der Waals surface area contributed by atoms with E-state index < -0.39 is 0 Å². The molecular weight excluding hydrogens is 150 g/mol. The first-order chi connectivity index (χ1) is 5.79. The van der Waals surface area contributed by atoms with Crippen LogP contribution in [-0.4, -0.2) is 15.0 Å². The summed E-state index contributed by atoms with van der Waals surface area (Å²) in [5.41, 5.74) is 4.16. The third kappa shape index (κ3) is 0.942. The Morgan fingerprint density at radius 2 is 1.92 bits per heavy atom. The number of pyridine rings is 1. The molecule has 2 heterocycles. The average molecular weight is 159 g/mol. The maximum atomic E-state index is 4.22. The van der Waals surface area contributed by atoms with Crippen molar-refractivity contribution in [3.8, 4) is 0 Å². The van der Waals surface area contributed by atoms with E-state index in [1.165, 1.54) is 11.1 Å². The summed E-state index contributed by atoms with van der Waals surface area (Å²) in [6.45, 7) is 4.08. The zero-order valence-electron chi connectivity index (χ0n) is 7.07. The molecule has 0 fully saturated rings. The Balaban J connectivity index is 2.91. The van der Waals surface area contributed by atoms with Crippen molar-refractivity contribution in [1.29, 1.82) is 0 Å². The SMILES string of the molecule is Cc1cnc2cncnc2c1C. The van der Waals surface area contributed by atoms with Crippen LogP contribution in [0.3, 0.4) is 0 Å². The van der Waals surface area contributed by atoms with Gasteiger partial charge in [0.25, 0.3) is 0 Å². The van der Waals surface area contributed by atoms with Gasteiger partial charge in [0, 0.05) is 6.20 Å². The second kappa shape index (κ2) is 2.52. The predicted molar refractivity (Wildman–Crippen MR) is 46.8 cm³/mol. The zero-order valence-corrected chi connectivity index (χ0v) is 7.07. The van der Waals surface area contributed by atoms with Crippen molar-refractivity contribution in [3.05, 3.63) is 29.8 Å². The lowest BCUT2D eigenvalue weighted by atomic mass is 10.1. The Morgan fingerprint density at radius 3 is 2.75 bits per heavy atom. The van der Waals surface area contributed by atoms with Crippen LogP contribution in [0, 0.1) is 13.8 Å². The molecule has 2 aromatic rings. The van der Waals surface area contributed by atoms with Gasteiger partial charge in [-0.1, -0.05) is 0 Å². The van der Waals surface area contributed by atoms with Gasteiger partial charge >= 0.3 is 0 Å². The van der Waals surface area contributed by atoms with Gasteiger partial charge in [-0.05, 0) is 25.0 Å². The molecule has 0 spiro atoms. The molecule has 0 radical (unpaired) electrons. The molecule has 3 heteroatoms. The quantitative estimate of drug-likeness (QED) is 0.586. The summed E-state index contributed by atoms with van der Waals surface area (Å²) in [6.07, 6.45) is 5.13. The second-order valence-corrected chi connectivity index (χ2v) is 2.82. The Kier molecular flexibility index (Phi) is 1.50. The monoisotopic (exact) mass is 159 g/mol. The third-order valence-corrected chi connectivity index (χ3v) is 2.04. The molecule has 0 aromatic carbocycles. The van der Waals surface area contributed by atoms with Crippen LogP contribution < -0.4 is 0 Å². The van der Waals surface area contributed by atoms with Crippen molar-refractivity contribution in [2.75, 3.05) is 0 Å². The molecule has 0 aliphatic rings. The molecule has 0 N–H and O–H groups in total. The van der Waals surface area contributed by atoms with Crippen LogP contribution in [0.2, 0.25) is 0 Å². The summed E-state index contributed by atoms with van der Waals surface area (Å²) in [7, 11) is 0. The predicted octanol–water partition coefficient (Wildman–Crippen LogP) is 1.64. The molecule has 2 aromatic heterocycles. The van der Waals surface area contributed by atoms with Crippen LogP contribution in [0.5, 0.6) is 0 Å². The van der Waals surface area contributed by atoms with E-state index in [9.17, 15) is 0 Å². The highest BCUT2D eigenvalue weighted by Crippen LogP contribution is 2.14. The highest BCUT2D eigenvalue weighted by atomic mass is 14.8. The average Bonchev–Trinajstić information content (AvgIpc) is 2.12. The molecule has 0 amide bonds. The standard InChI is InChI=1S/C9H9N3/c1-6-3-11-8-4-10-5-12-9(8)7(6)2/h3-5H,1-2H3. The molecule has 12 heavy (non-hydrogen) atoms. The maximum Gasteiger partial charge on any atom is 0.116 e. The van der Waals surface area contributed by atoms with Gasteiger partial charge in [-0.2, -0.15) is 0 Å². The molecule has 0 unspecified atom stereocenters. The molecule has 0 aliphatic carbocycles. The molecule has 0 saturated carbocycles. The van der Waals surface area contributed by atoms with E-state index in [1.54, 1.807) is 12.5 Å². The number of hydrogen-bond donors (Lipinski definition) is 0. The van der Waals surface area contributed by atoms with E-state index in [1.807, 2.05) is 20.0 Å². The lowest BCUT2D eigenvalue weighted by Crippen LogP contribution is -1.90. The fraction of sp³-hybridized carbons (Fsp3) is 0.222. The van der Waals surface area contributed by atoms with Gasteiger partial charge in [-0.15, -0.1) is 0 Å². The summed E-state index contributed by atoms with van der Waals surface area (Å²) in [6, 6.07) is 0. The van der Waals surface area contributed by atoms with Crippen LogP contribution in [0.4, 0.5) is 0 Å². The molecule has 0 atom stereocenters. The number of aromatic nitrogens is 3. The largest absolute Gasteiger partial charge is 0.253 e. The van der Waals surface area contributed by atoms with Crippen molar-refractivity contribution in [2.45, 2.75) is 13.8 Å². The van der Waals surface area contributed by atoms with Crippen molar-refractivity contribution in [1.82, 2.24) is 15.0 Å². The van der Waals surface area contributed by atoms with E-state index in [0.717, 1.165) is 11.0 Å². The van der Waals surface area contributed by atoms with Crippen LogP contribution in [-0.2, 0) is 0 Å². The van der Waals surface area contributed by atoms with Crippen LogP contribution in [0.25, 0.3) is 11.0 Å². The topological polar surface area (TPSA) is 38.7 Å². The fourth-order valence-electron chi connectivity index (χ4n) is 1.16. The van der Waals surface area contributed by atoms with E-state index in [-0.39, 0.29) is 0 Å². The van der Waals surface area contributed by atoms with Crippen molar-refractivity contribution in [2.24, 2.45) is 0 Å². The van der Waals surface area contributed by atoms with Crippen molar-refractivity contribution >= 4 is 11.0 Å². The molecular formula is C9H9N3. The summed E-state index contributed by atoms with van der Waals surface area (Å²) in [5.74, 6) is 0. The minimum atomic E-state index is 0.862. The van der Waals surface area contributed by atoms with E-state index in [4.69, 9.17) is 0 Å². The van der Waals surface area contributed by atoms with Gasteiger partial charge in [-0.25, -0.2) is 9.97 Å². The second-order valence-electron chi connectivity index (χ2n) is 2.82. The number of hydrogen-bond acceptors (Lipinski definition) is 3. The summed E-state index contributed by atoms with van der Waals surface area (Å²) >= 11 is 0. The fourth-order valence-corrected chi connectivity index (χ4v) is 1.16. The Hall–Kier alpha value is -1.51. The van der Waals surface area contributed by atoms with Gasteiger partial charge < -0.3 is 0 Å². The van der Waals surface area contributed by atoms with Gasteiger partial charge in [0.15, 0.2) is 0 Å². The van der Waals surface area contributed by atoms with Crippen LogP contribution in [0.15, 0.2) is 18.7 Å². The lowest BCUT2D eigenvalue weighted by molar-refractivity contribution is 1.16. The molecule has 60 valence electrons. The normalized spacial score (nSPS) is 10.5. The highest BCUT2D eigenvalue weighted by molar-refractivity contribution is 5.77. The van der Waals surface area contributed by atoms with E-state index >= 15 is 0 Å². The third-order valence-electron chi connectivity index (χ3n) is 2.04. The molecule has 0 aliphatic heterocycles. The van der Waals surface area contributed by atoms with Crippen molar-refractivity contribution < 1.29 is 0 Å². The van der Waals surface area contributed by atoms with E-state index in [2.05, 4.69) is 15.0 Å². The summed E-state index contributed by atoms with van der Waals surface area (Å²) < 4.78 is 0. The van der Waals surface area contributed by atoms with Crippen molar-refractivity contribution in [3.63, 3.8) is 0 Å². The zero-order chi connectivity index (χ0) is 8.55. The van der Waals surface area contributed by atoms with Gasteiger partial charge in [0.05, 0.1) is 11.7 Å². The molecule has 0 saturated heterocycles. The lowest BCUT2D eigenvalue weighted by Gasteiger charge is -2.01. The first kappa shape index (κ1) is 7.16. The summed E-state index contributed by atoms with van der Waals surface area (Å²) in [4.78, 5) is 12.3. The minimum Gasteiger partial charge on any atom is -0.253 e. The number of fused-ring (bicyclic) bond motifs is 1. The highest BCUT2D eigenvalue weighted by Gasteiger charge is 2.00. The molecule has 3 nitrogen and oxygen atoms in total. The van der Waals surface area contributed by atoms with Crippen LogP contribution >= 0.6 is 0 Å². The molecule has 2 rings (SSSR count). The molecule has 0 bridgehead atoms. The smallest absolute Gasteiger partial charge is 0.116 e. The van der Waals surface area contributed by atoms with Crippen LogP contribution in [0.1, 0.15) is 11.1 Å². The Labute approximate surface area is 70.5 Å². The van der Waals surface area contributed by atoms with Gasteiger partial charge in [0.2, 0.25) is 0 Å². The first-order valence-electron chi connectivity index (χ1n) is 3.81. The summed E-state index contributed by atoms with van der Waals surface area (Å²) in [5, 5.41) is 0. The first-order valence-corrected chi connectivity index (χ1v) is 3.81. The minimum absolute atomic E-state index is 0.862. The number of nitrogens with zero attached hydrogens (tertiary/aromatic N) is 3. The van der Waals surface area contributed by atoms with Gasteiger partial charge in [-0.3, -0.25) is 4.98 Å². The van der Waals surface area contributed by atoms with E-state index in [0.29, 0.717) is 0 Å². The Bertz CT molecular complexity index is 423. The maximum absolute atomic E-state index is 4.22.